The van der Waals surface area contributed by atoms with E-state index in [0.29, 0.717) is 0 Å². The van der Waals surface area contributed by atoms with Crippen molar-refractivity contribution in [2.75, 3.05) is 20.1 Å². The molecule has 0 N–H and O–H groups in total. The van der Waals surface area contributed by atoms with Gasteiger partial charge < -0.3 is 0 Å². The van der Waals surface area contributed by atoms with Gasteiger partial charge in [0, 0.05) is 17.6 Å². The largest absolute Gasteiger partial charge is 0.299 e. The average Bonchev–Trinajstić information content (AvgIpc) is 2.48. The summed E-state index contributed by atoms with van der Waals surface area (Å²) in [5.74, 6) is 0.748. The molecule has 0 aliphatic heterocycles. The predicted molar refractivity (Wildman–Crippen MR) is 102 cm³/mol. The van der Waals surface area contributed by atoms with E-state index in [0.717, 1.165) is 23.5 Å². The lowest BCUT2D eigenvalue weighted by Crippen LogP contribution is -2.18. The van der Waals surface area contributed by atoms with Crippen LogP contribution in [0.15, 0.2) is 53.0 Å². The van der Waals surface area contributed by atoms with Gasteiger partial charge in [0.25, 0.3) is 0 Å². The first-order valence-electron chi connectivity index (χ1n) is 8.20. The summed E-state index contributed by atoms with van der Waals surface area (Å²) in [5, 5.41) is 0. The summed E-state index contributed by atoms with van der Waals surface area (Å²) in [6.45, 7) is 10.4. The molecule has 0 heterocycles. The van der Waals surface area contributed by atoms with Crippen LogP contribution >= 0.6 is 15.9 Å². The van der Waals surface area contributed by atoms with Gasteiger partial charge in [-0.2, -0.15) is 0 Å². The van der Waals surface area contributed by atoms with Crippen LogP contribution in [-0.4, -0.2) is 25.0 Å². The zero-order valence-corrected chi connectivity index (χ0v) is 15.9. The van der Waals surface area contributed by atoms with Gasteiger partial charge in [-0.05, 0) is 56.8 Å². The lowest BCUT2D eigenvalue weighted by atomic mass is 9.95. The lowest BCUT2D eigenvalue weighted by molar-refractivity contribution is 0.411. The van der Waals surface area contributed by atoms with Gasteiger partial charge in [-0.1, -0.05) is 59.1 Å². The van der Waals surface area contributed by atoms with E-state index in [1.54, 1.807) is 0 Å². The van der Waals surface area contributed by atoms with E-state index in [-0.39, 0.29) is 0 Å². The summed E-state index contributed by atoms with van der Waals surface area (Å²) in [5.41, 5.74) is 2.95. The summed E-state index contributed by atoms with van der Waals surface area (Å²) in [6, 6.07) is 8.71. The van der Waals surface area contributed by atoms with Gasteiger partial charge >= 0.3 is 0 Å². The van der Waals surface area contributed by atoms with Crippen molar-refractivity contribution >= 4 is 15.9 Å². The SMILES string of the molecule is C=CCN(C)C/C=C(\C)CCCC(C)Cc1ccc(Br)cc1. The Morgan fingerprint density at radius 1 is 1.27 bits per heavy atom. The number of hydrogen-bond donors (Lipinski definition) is 0. The molecule has 0 aliphatic carbocycles. The molecular formula is C20H30BrN. The van der Waals surface area contributed by atoms with E-state index in [9.17, 15) is 0 Å². The number of rotatable bonds is 10. The zero-order valence-electron chi connectivity index (χ0n) is 14.3. The van der Waals surface area contributed by atoms with Gasteiger partial charge in [0.1, 0.15) is 0 Å². The Kier molecular flexibility index (Phi) is 9.42. The average molecular weight is 364 g/mol. The van der Waals surface area contributed by atoms with Gasteiger partial charge in [-0.3, -0.25) is 4.90 Å². The van der Waals surface area contributed by atoms with Crippen LogP contribution < -0.4 is 0 Å². The Bertz CT molecular complexity index is 461. The molecule has 1 atom stereocenters. The highest BCUT2D eigenvalue weighted by molar-refractivity contribution is 9.10. The highest BCUT2D eigenvalue weighted by Gasteiger charge is 2.04. The van der Waals surface area contributed by atoms with Crippen LogP contribution in [0.3, 0.4) is 0 Å². The van der Waals surface area contributed by atoms with Crippen LogP contribution in [-0.2, 0) is 6.42 Å². The van der Waals surface area contributed by atoms with Gasteiger partial charge in [0.2, 0.25) is 0 Å². The molecule has 1 rings (SSSR count). The van der Waals surface area contributed by atoms with Gasteiger partial charge in [-0.15, -0.1) is 6.58 Å². The Morgan fingerprint density at radius 2 is 1.95 bits per heavy atom. The number of hydrogen-bond acceptors (Lipinski definition) is 1. The van der Waals surface area contributed by atoms with Crippen LogP contribution in [0, 0.1) is 5.92 Å². The van der Waals surface area contributed by atoms with E-state index in [4.69, 9.17) is 0 Å². The van der Waals surface area contributed by atoms with Crippen LogP contribution in [0.4, 0.5) is 0 Å². The van der Waals surface area contributed by atoms with Crippen molar-refractivity contribution in [3.05, 3.63) is 58.6 Å². The molecule has 0 saturated heterocycles. The fraction of sp³-hybridized carbons (Fsp3) is 0.500. The van der Waals surface area contributed by atoms with Gasteiger partial charge in [0.15, 0.2) is 0 Å². The smallest absolute Gasteiger partial charge is 0.0175 e. The second kappa shape index (κ2) is 10.8. The Morgan fingerprint density at radius 3 is 2.59 bits per heavy atom. The van der Waals surface area contributed by atoms with Gasteiger partial charge in [-0.25, -0.2) is 0 Å². The third-order valence-corrected chi connectivity index (χ3v) is 4.49. The standard InChI is InChI=1S/C20H30BrN/c1-5-14-22(4)15-13-17(2)7-6-8-18(3)16-19-9-11-20(21)12-10-19/h5,9-13,18H,1,6-8,14-16H2,2-4H3/b17-13+. The van der Waals surface area contributed by atoms with Crippen molar-refractivity contribution in [2.24, 2.45) is 5.92 Å². The molecule has 0 amide bonds. The van der Waals surface area contributed by atoms with E-state index in [2.05, 4.69) is 78.6 Å². The summed E-state index contributed by atoms with van der Waals surface area (Å²) < 4.78 is 1.16. The molecule has 1 unspecified atom stereocenters. The highest BCUT2D eigenvalue weighted by atomic mass is 79.9. The fourth-order valence-electron chi connectivity index (χ4n) is 2.56. The number of allylic oxidation sites excluding steroid dienone is 1. The molecule has 1 aromatic carbocycles. The third-order valence-electron chi connectivity index (χ3n) is 3.96. The minimum Gasteiger partial charge on any atom is -0.299 e. The second-order valence-electron chi connectivity index (χ2n) is 6.39. The first-order chi connectivity index (χ1) is 10.5. The zero-order chi connectivity index (χ0) is 16.4. The molecular weight excluding hydrogens is 334 g/mol. The normalized spacial score (nSPS) is 13.4. The molecule has 0 fully saturated rings. The quantitative estimate of drug-likeness (QED) is 0.470. The summed E-state index contributed by atoms with van der Waals surface area (Å²) in [6.07, 6.45) is 9.27. The summed E-state index contributed by atoms with van der Waals surface area (Å²) in [4.78, 5) is 2.27. The Balaban J connectivity index is 2.23. The first kappa shape index (κ1) is 19.2. The molecule has 22 heavy (non-hydrogen) atoms. The van der Waals surface area contributed by atoms with Crippen molar-refractivity contribution < 1.29 is 0 Å². The first-order valence-corrected chi connectivity index (χ1v) is 9.00. The minimum atomic E-state index is 0.748. The maximum absolute atomic E-state index is 3.77. The molecule has 1 aromatic rings. The molecule has 0 spiro atoms. The fourth-order valence-corrected chi connectivity index (χ4v) is 2.83. The van der Waals surface area contributed by atoms with Crippen LogP contribution in [0.1, 0.15) is 38.7 Å². The topological polar surface area (TPSA) is 3.24 Å². The van der Waals surface area contributed by atoms with Crippen molar-refractivity contribution in [1.29, 1.82) is 0 Å². The Labute approximate surface area is 145 Å². The number of likely N-dealkylation sites (N-methyl/N-ethyl adjacent to an activating group) is 1. The van der Waals surface area contributed by atoms with Crippen LogP contribution in [0.5, 0.6) is 0 Å². The predicted octanol–water partition coefficient (Wildman–Crippen LogP) is 5.86. The van der Waals surface area contributed by atoms with E-state index >= 15 is 0 Å². The van der Waals surface area contributed by atoms with E-state index in [1.165, 1.54) is 36.8 Å². The lowest BCUT2D eigenvalue weighted by Gasteiger charge is -2.13. The molecule has 0 saturated carbocycles. The molecule has 2 heteroatoms. The maximum atomic E-state index is 3.77. The van der Waals surface area contributed by atoms with E-state index in [1.807, 2.05) is 6.08 Å². The monoisotopic (exact) mass is 363 g/mol. The van der Waals surface area contributed by atoms with Crippen molar-refractivity contribution in [1.82, 2.24) is 4.90 Å². The molecule has 1 nitrogen and oxygen atoms in total. The molecule has 0 aliphatic rings. The van der Waals surface area contributed by atoms with Crippen molar-refractivity contribution in [3.63, 3.8) is 0 Å². The molecule has 122 valence electrons. The number of halogens is 1. The van der Waals surface area contributed by atoms with E-state index < -0.39 is 0 Å². The molecule has 0 bridgehead atoms. The molecule has 0 aromatic heterocycles. The summed E-state index contributed by atoms with van der Waals surface area (Å²) >= 11 is 3.49. The number of nitrogens with zero attached hydrogens (tertiary/aromatic N) is 1. The third kappa shape index (κ3) is 8.55. The van der Waals surface area contributed by atoms with Crippen molar-refractivity contribution in [3.8, 4) is 0 Å². The number of benzene rings is 1. The highest BCUT2D eigenvalue weighted by Crippen LogP contribution is 2.18. The van der Waals surface area contributed by atoms with Crippen LogP contribution in [0.2, 0.25) is 0 Å². The van der Waals surface area contributed by atoms with Gasteiger partial charge in [0.05, 0.1) is 0 Å². The minimum absolute atomic E-state index is 0.748. The van der Waals surface area contributed by atoms with Crippen molar-refractivity contribution in [2.45, 2.75) is 39.5 Å². The second-order valence-corrected chi connectivity index (χ2v) is 7.30. The summed E-state index contributed by atoms with van der Waals surface area (Å²) in [7, 11) is 2.13. The maximum Gasteiger partial charge on any atom is 0.0175 e. The molecule has 0 radical (unpaired) electrons. The Hall–Kier alpha value is -0.860. The van der Waals surface area contributed by atoms with Crippen LogP contribution in [0.25, 0.3) is 0 Å².